The molecular weight excluding hydrogens is 346 g/mol. The van der Waals surface area contributed by atoms with Gasteiger partial charge in [-0.1, -0.05) is 32.0 Å². The summed E-state index contributed by atoms with van der Waals surface area (Å²) in [4.78, 5) is 38.4. The molecule has 7 nitrogen and oxygen atoms in total. The zero-order valence-corrected chi connectivity index (χ0v) is 15.4. The quantitative estimate of drug-likeness (QED) is 0.793. The lowest BCUT2D eigenvalue weighted by atomic mass is 9.96. The number of anilines is 1. The van der Waals surface area contributed by atoms with Crippen molar-refractivity contribution in [2.75, 3.05) is 11.4 Å². The number of rotatable bonds is 5. The van der Waals surface area contributed by atoms with Crippen molar-refractivity contribution in [1.82, 2.24) is 10.9 Å². The summed E-state index contributed by atoms with van der Waals surface area (Å²) in [5, 5.41) is 0. The van der Waals surface area contributed by atoms with Crippen molar-refractivity contribution in [3.8, 4) is 0 Å². The molecule has 1 saturated heterocycles. The third kappa shape index (κ3) is 4.02. The van der Waals surface area contributed by atoms with E-state index >= 15 is 0 Å². The first-order chi connectivity index (χ1) is 13.0. The van der Waals surface area contributed by atoms with Gasteiger partial charge in [-0.25, -0.2) is 0 Å². The van der Waals surface area contributed by atoms with Crippen LogP contribution in [0.1, 0.15) is 48.7 Å². The average molecular weight is 369 g/mol. The second kappa shape index (κ2) is 8.07. The zero-order valence-electron chi connectivity index (χ0n) is 15.4. The lowest BCUT2D eigenvalue weighted by Gasteiger charge is -2.23. The van der Waals surface area contributed by atoms with Crippen LogP contribution in [0.3, 0.4) is 0 Å². The Kier molecular flexibility index (Phi) is 5.59. The second-order valence-electron chi connectivity index (χ2n) is 6.69. The highest BCUT2D eigenvalue weighted by Gasteiger charge is 2.36. The van der Waals surface area contributed by atoms with Crippen LogP contribution < -0.4 is 15.8 Å². The molecule has 0 radical (unpaired) electrons. The van der Waals surface area contributed by atoms with E-state index in [1.165, 1.54) is 12.3 Å². The molecule has 0 bridgehead atoms. The molecule has 27 heavy (non-hydrogen) atoms. The number of hydrogen-bond acceptors (Lipinski definition) is 4. The first-order valence-corrected chi connectivity index (χ1v) is 9.04. The molecule has 2 heterocycles. The minimum atomic E-state index is -0.545. The smallest absolute Gasteiger partial charge is 0.305 e. The Morgan fingerprint density at radius 1 is 1.22 bits per heavy atom. The normalized spacial score (nSPS) is 17.6. The molecule has 142 valence electrons. The molecule has 2 atom stereocenters. The number of nitrogens with zero attached hydrogens (tertiary/aromatic N) is 1. The first-order valence-electron chi connectivity index (χ1n) is 9.04. The predicted molar refractivity (Wildman–Crippen MR) is 99.9 cm³/mol. The second-order valence-corrected chi connectivity index (χ2v) is 6.69. The molecular formula is C20H23N3O4. The number of hydrogen-bond donors (Lipinski definition) is 2. The summed E-state index contributed by atoms with van der Waals surface area (Å²) >= 11 is 0. The van der Waals surface area contributed by atoms with Crippen molar-refractivity contribution in [1.29, 1.82) is 0 Å². The summed E-state index contributed by atoms with van der Waals surface area (Å²) in [6.07, 6.45) is 2.44. The highest BCUT2D eigenvalue weighted by Crippen LogP contribution is 2.33. The summed E-state index contributed by atoms with van der Waals surface area (Å²) in [6, 6.07) is 10.9. The van der Waals surface area contributed by atoms with Gasteiger partial charge in [-0.2, -0.15) is 0 Å². The Morgan fingerprint density at radius 2 is 2.00 bits per heavy atom. The van der Waals surface area contributed by atoms with Crippen molar-refractivity contribution in [2.45, 2.75) is 32.6 Å². The van der Waals surface area contributed by atoms with Gasteiger partial charge in [0.25, 0.3) is 0 Å². The fourth-order valence-electron chi connectivity index (χ4n) is 3.18. The van der Waals surface area contributed by atoms with Crippen LogP contribution in [0.15, 0.2) is 47.1 Å². The van der Waals surface area contributed by atoms with Crippen LogP contribution in [-0.2, 0) is 9.59 Å². The van der Waals surface area contributed by atoms with E-state index < -0.39 is 17.7 Å². The fraction of sp³-hybridized carbons (Fsp3) is 0.350. The Morgan fingerprint density at radius 3 is 2.70 bits per heavy atom. The van der Waals surface area contributed by atoms with Crippen LogP contribution in [0.2, 0.25) is 0 Å². The van der Waals surface area contributed by atoms with Crippen molar-refractivity contribution in [2.24, 2.45) is 5.92 Å². The standard InChI is InChI=1S/C20H23N3O4/c1-3-13(2)15-7-4-5-8-16(15)23-12-14(11-18(23)24)19(25)21-22-20(26)17-9-6-10-27-17/h4-10,13-14H,3,11-12H2,1-2H3,(H,21,25)(H,22,26). The number of para-hydroxylation sites is 1. The van der Waals surface area contributed by atoms with Gasteiger partial charge in [-0.05, 0) is 36.1 Å². The molecule has 0 aliphatic carbocycles. The molecule has 2 unspecified atom stereocenters. The molecule has 0 saturated carbocycles. The first kappa shape index (κ1) is 18.7. The number of furan rings is 1. The third-order valence-corrected chi connectivity index (χ3v) is 4.91. The number of benzene rings is 1. The number of nitrogens with one attached hydrogen (secondary N) is 2. The molecule has 3 amide bonds. The zero-order chi connectivity index (χ0) is 19.4. The van der Waals surface area contributed by atoms with Crippen molar-refractivity contribution >= 4 is 23.4 Å². The molecule has 1 aliphatic rings. The van der Waals surface area contributed by atoms with Crippen LogP contribution in [0.25, 0.3) is 0 Å². The van der Waals surface area contributed by atoms with E-state index in [0.717, 1.165) is 17.7 Å². The topological polar surface area (TPSA) is 91.7 Å². The molecule has 1 aliphatic heterocycles. The van der Waals surface area contributed by atoms with E-state index in [1.54, 1.807) is 11.0 Å². The monoisotopic (exact) mass is 369 g/mol. The van der Waals surface area contributed by atoms with Gasteiger partial charge in [0.1, 0.15) is 0 Å². The number of hydrazine groups is 1. The van der Waals surface area contributed by atoms with Crippen LogP contribution >= 0.6 is 0 Å². The van der Waals surface area contributed by atoms with Gasteiger partial charge in [0, 0.05) is 18.7 Å². The fourth-order valence-corrected chi connectivity index (χ4v) is 3.18. The molecule has 2 aromatic rings. The van der Waals surface area contributed by atoms with Crippen molar-refractivity contribution in [3.63, 3.8) is 0 Å². The Hall–Kier alpha value is -3.09. The maximum absolute atomic E-state index is 12.5. The minimum absolute atomic E-state index is 0.0942. The van der Waals surface area contributed by atoms with Crippen molar-refractivity contribution < 1.29 is 18.8 Å². The molecule has 0 spiro atoms. The minimum Gasteiger partial charge on any atom is -0.459 e. The van der Waals surface area contributed by atoms with Gasteiger partial charge in [0.15, 0.2) is 5.76 Å². The van der Waals surface area contributed by atoms with Crippen molar-refractivity contribution in [3.05, 3.63) is 54.0 Å². The van der Waals surface area contributed by atoms with Crippen LogP contribution in [0, 0.1) is 5.92 Å². The van der Waals surface area contributed by atoms with Gasteiger partial charge in [-0.3, -0.25) is 25.2 Å². The van der Waals surface area contributed by atoms with E-state index in [0.29, 0.717) is 5.92 Å². The molecule has 1 fully saturated rings. The number of carbonyl (C=O) groups excluding carboxylic acids is 3. The lowest BCUT2D eigenvalue weighted by molar-refractivity contribution is -0.126. The van der Waals surface area contributed by atoms with E-state index in [-0.39, 0.29) is 24.6 Å². The number of amides is 3. The lowest BCUT2D eigenvalue weighted by Crippen LogP contribution is -2.45. The molecule has 2 N–H and O–H groups in total. The summed E-state index contributed by atoms with van der Waals surface area (Å²) in [6.45, 7) is 4.51. The maximum Gasteiger partial charge on any atom is 0.305 e. The largest absolute Gasteiger partial charge is 0.459 e. The Balaban J connectivity index is 1.65. The predicted octanol–water partition coefficient (Wildman–Crippen LogP) is 2.61. The van der Waals surface area contributed by atoms with E-state index in [1.807, 2.05) is 24.3 Å². The van der Waals surface area contributed by atoms with E-state index in [4.69, 9.17) is 4.42 Å². The number of carbonyl (C=O) groups is 3. The Labute approximate surface area is 157 Å². The van der Waals surface area contributed by atoms with Gasteiger partial charge < -0.3 is 9.32 Å². The highest BCUT2D eigenvalue weighted by molar-refractivity contribution is 6.01. The summed E-state index contributed by atoms with van der Waals surface area (Å²) < 4.78 is 4.97. The molecule has 3 rings (SSSR count). The average Bonchev–Trinajstić information content (AvgIpc) is 3.35. The summed E-state index contributed by atoms with van der Waals surface area (Å²) in [5.41, 5.74) is 6.64. The molecule has 1 aromatic heterocycles. The molecule has 1 aromatic carbocycles. The van der Waals surface area contributed by atoms with Gasteiger partial charge in [0.2, 0.25) is 11.8 Å². The van der Waals surface area contributed by atoms with Gasteiger partial charge in [0.05, 0.1) is 12.2 Å². The van der Waals surface area contributed by atoms with Gasteiger partial charge >= 0.3 is 5.91 Å². The summed E-state index contributed by atoms with van der Waals surface area (Å²) in [5.74, 6) is -1.15. The van der Waals surface area contributed by atoms with E-state index in [9.17, 15) is 14.4 Å². The summed E-state index contributed by atoms with van der Waals surface area (Å²) in [7, 11) is 0. The van der Waals surface area contributed by atoms with Gasteiger partial charge in [-0.15, -0.1) is 0 Å². The molecule has 7 heteroatoms. The Bertz CT molecular complexity index is 832. The highest BCUT2D eigenvalue weighted by atomic mass is 16.3. The van der Waals surface area contributed by atoms with Crippen LogP contribution in [0.5, 0.6) is 0 Å². The van der Waals surface area contributed by atoms with Crippen LogP contribution in [-0.4, -0.2) is 24.3 Å². The third-order valence-electron chi connectivity index (χ3n) is 4.91. The maximum atomic E-state index is 12.5. The van der Waals surface area contributed by atoms with Crippen LogP contribution in [0.4, 0.5) is 5.69 Å². The van der Waals surface area contributed by atoms with E-state index in [2.05, 4.69) is 24.7 Å². The SMILES string of the molecule is CCC(C)c1ccccc1N1CC(C(=O)NNC(=O)c2ccco2)CC1=O.